The molecule has 8 heteroatoms. The molecule has 0 saturated heterocycles. The van der Waals surface area contributed by atoms with Crippen LogP contribution in [0.3, 0.4) is 0 Å². The van der Waals surface area contributed by atoms with Gasteiger partial charge in [-0.1, -0.05) is 25.2 Å². The molecule has 0 aliphatic rings. The topological polar surface area (TPSA) is 58.8 Å². The maximum Gasteiger partial charge on any atom is 0.295 e. The van der Waals surface area contributed by atoms with Crippen molar-refractivity contribution in [3.05, 3.63) is 40.8 Å². The molecule has 144 valence electrons. The number of furan rings is 1. The van der Waals surface area contributed by atoms with Crippen molar-refractivity contribution in [3.63, 3.8) is 0 Å². The quantitative estimate of drug-likeness (QED) is 0.498. The summed E-state index contributed by atoms with van der Waals surface area (Å²) in [6, 6.07) is 9.11. The second kappa shape index (κ2) is 8.86. The monoisotopic (exact) mass is 451 g/mol. The maximum atomic E-state index is 13.1. The average molecular weight is 452 g/mol. The van der Waals surface area contributed by atoms with Gasteiger partial charge in [-0.2, -0.15) is 0 Å². The number of nitrogens with zero attached hydrogens (tertiary/aromatic N) is 3. The van der Waals surface area contributed by atoms with Crippen molar-refractivity contribution in [2.75, 3.05) is 38.2 Å². The number of halogens is 1. The average Bonchev–Trinajstić information content (AvgIpc) is 3.30. The van der Waals surface area contributed by atoms with E-state index in [2.05, 4.69) is 39.7 Å². The standard InChI is InChI=1S/C19H22BrN3O3S/c1-4-22(5-2)10-11-23(18(24)15-8-9-17(20)26-15)19-21-14-7-6-13(25-3)12-16(14)27-19/h6-9,12H,4-5,10-11H2,1-3H3. The van der Waals surface area contributed by atoms with E-state index in [9.17, 15) is 4.79 Å². The zero-order valence-corrected chi connectivity index (χ0v) is 18.0. The molecular formula is C19H22BrN3O3S. The fraction of sp³-hybridized carbons (Fsp3) is 0.368. The van der Waals surface area contributed by atoms with Gasteiger partial charge in [0.1, 0.15) is 5.75 Å². The smallest absolute Gasteiger partial charge is 0.295 e. The first-order valence-corrected chi connectivity index (χ1v) is 10.4. The summed E-state index contributed by atoms with van der Waals surface area (Å²) >= 11 is 4.74. The van der Waals surface area contributed by atoms with Crippen molar-refractivity contribution in [3.8, 4) is 5.75 Å². The highest BCUT2D eigenvalue weighted by Crippen LogP contribution is 2.32. The van der Waals surface area contributed by atoms with Crippen LogP contribution in [0.5, 0.6) is 5.75 Å². The summed E-state index contributed by atoms with van der Waals surface area (Å²) in [7, 11) is 1.64. The molecule has 0 saturated carbocycles. The number of ether oxygens (including phenoxy) is 1. The number of carbonyl (C=O) groups excluding carboxylic acids is 1. The van der Waals surface area contributed by atoms with Crippen molar-refractivity contribution < 1.29 is 13.9 Å². The molecule has 3 rings (SSSR count). The third-order valence-corrected chi connectivity index (χ3v) is 5.85. The van der Waals surface area contributed by atoms with E-state index >= 15 is 0 Å². The van der Waals surface area contributed by atoms with Crippen LogP contribution in [0.25, 0.3) is 10.2 Å². The lowest BCUT2D eigenvalue weighted by molar-refractivity contribution is 0.0956. The number of fused-ring (bicyclic) bond motifs is 1. The minimum Gasteiger partial charge on any atom is -0.497 e. The molecule has 2 aromatic heterocycles. The molecule has 0 aliphatic heterocycles. The number of hydrogen-bond acceptors (Lipinski definition) is 6. The summed E-state index contributed by atoms with van der Waals surface area (Å²) in [4.78, 5) is 21.7. The van der Waals surface area contributed by atoms with Crippen molar-refractivity contribution in [2.45, 2.75) is 13.8 Å². The molecule has 2 heterocycles. The van der Waals surface area contributed by atoms with E-state index in [-0.39, 0.29) is 5.91 Å². The van der Waals surface area contributed by atoms with E-state index in [1.165, 1.54) is 11.3 Å². The Balaban J connectivity index is 1.94. The SMILES string of the molecule is CCN(CC)CCN(C(=O)c1ccc(Br)o1)c1nc2ccc(OC)cc2s1. The van der Waals surface area contributed by atoms with Crippen LogP contribution in [-0.4, -0.2) is 49.1 Å². The third-order valence-electron chi connectivity index (χ3n) is 4.38. The van der Waals surface area contributed by atoms with E-state index in [0.29, 0.717) is 22.1 Å². The summed E-state index contributed by atoms with van der Waals surface area (Å²) in [5, 5.41) is 0.655. The first-order valence-electron chi connectivity index (χ1n) is 8.79. The highest BCUT2D eigenvalue weighted by atomic mass is 79.9. The molecule has 0 N–H and O–H groups in total. The number of amides is 1. The Morgan fingerprint density at radius 2 is 2.00 bits per heavy atom. The van der Waals surface area contributed by atoms with Gasteiger partial charge in [0.2, 0.25) is 0 Å². The number of carbonyl (C=O) groups is 1. The summed E-state index contributed by atoms with van der Waals surface area (Å²) in [5.74, 6) is 0.866. The third kappa shape index (κ3) is 4.51. The normalized spacial score (nSPS) is 11.3. The van der Waals surface area contributed by atoms with Gasteiger partial charge in [-0.05, 0) is 59.4 Å². The number of benzene rings is 1. The second-order valence-electron chi connectivity index (χ2n) is 5.92. The predicted molar refractivity (Wildman–Crippen MR) is 112 cm³/mol. The van der Waals surface area contributed by atoms with Crippen molar-refractivity contribution in [2.24, 2.45) is 0 Å². The van der Waals surface area contributed by atoms with Crippen LogP contribution in [0.1, 0.15) is 24.4 Å². The van der Waals surface area contributed by atoms with E-state index < -0.39 is 0 Å². The lowest BCUT2D eigenvalue weighted by Gasteiger charge is -2.24. The van der Waals surface area contributed by atoms with Crippen molar-refractivity contribution in [1.29, 1.82) is 0 Å². The fourth-order valence-electron chi connectivity index (χ4n) is 2.76. The minimum atomic E-state index is -0.195. The van der Waals surface area contributed by atoms with Crippen LogP contribution >= 0.6 is 27.3 Å². The number of aromatic nitrogens is 1. The Kier molecular flexibility index (Phi) is 6.51. The molecule has 1 aromatic carbocycles. The van der Waals surface area contributed by atoms with Gasteiger partial charge >= 0.3 is 0 Å². The van der Waals surface area contributed by atoms with Crippen LogP contribution in [0.15, 0.2) is 39.4 Å². The van der Waals surface area contributed by atoms with E-state index in [1.54, 1.807) is 24.1 Å². The van der Waals surface area contributed by atoms with Gasteiger partial charge < -0.3 is 14.1 Å². The molecule has 27 heavy (non-hydrogen) atoms. The van der Waals surface area contributed by atoms with Crippen LogP contribution < -0.4 is 9.64 Å². The van der Waals surface area contributed by atoms with Crippen LogP contribution in [0, 0.1) is 0 Å². The minimum absolute atomic E-state index is 0.195. The fourth-order valence-corrected chi connectivity index (χ4v) is 4.09. The molecule has 0 bridgehead atoms. The molecule has 0 aliphatic carbocycles. The van der Waals surface area contributed by atoms with E-state index in [0.717, 1.165) is 35.6 Å². The van der Waals surface area contributed by atoms with Gasteiger partial charge in [-0.15, -0.1) is 0 Å². The molecule has 1 amide bonds. The highest BCUT2D eigenvalue weighted by Gasteiger charge is 2.24. The lowest BCUT2D eigenvalue weighted by atomic mass is 10.3. The molecule has 0 radical (unpaired) electrons. The Bertz CT molecular complexity index is 920. The second-order valence-corrected chi connectivity index (χ2v) is 7.71. The predicted octanol–water partition coefficient (Wildman–Crippen LogP) is 4.65. The Morgan fingerprint density at radius 3 is 2.63 bits per heavy atom. The Labute approximate surface area is 170 Å². The molecule has 0 fully saturated rings. The van der Waals surface area contributed by atoms with Gasteiger partial charge in [-0.3, -0.25) is 9.69 Å². The summed E-state index contributed by atoms with van der Waals surface area (Å²) in [6.07, 6.45) is 0. The molecule has 0 atom stereocenters. The van der Waals surface area contributed by atoms with Crippen LogP contribution in [0.4, 0.5) is 5.13 Å². The number of methoxy groups -OCH3 is 1. The van der Waals surface area contributed by atoms with Crippen molar-refractivity contribution in [1.82, 2.24) is 9.88 Å². The summed E-state index contributed by atoms with van der Waals surface area (Å²) < 4.78 is 12.3. The van der Waals surface area contributed by atoms with Crippen LogP contribution in [-0.2, 0) is 0 Å². The number of thiazole rings is 1. The van der Waals surface area contributed by atoms with E-state index in [1.807, 2.05) is 18.2 Å². The number of likely N-dealkylation sites (N-methyl/N-ethyl adjacent to an activating group) is 1. The molecule has 0 unspecified atom stereocenters. The first kappa shape index (κ1) is 19.9. The molecule has 0 spiro atoms. The van der Waals surface area contributed by atoms with Gasteiger partial charge in [-0.25, -0.2) is 4.98 Å². The largest absolute Gasteiger partial charge is 0.497 e. The van der Waals surface area contributed by atoms with Gasteiger partial charge in [0, 0.05) is 13.1 Å². The van der Waals surface area contributed by atoms with Crippen molar-refractivity contribution >= 4 is 48.5 Å². The molecular weight excluding hydrogens is 430 g/mol. The number of rotatable bonds is 8. The molecule has 3 aromatic rings. The summed E-state index contributed by atoms with van der Waals surface area (Å²) in [6.45, 7) is 7.39. The molecule has 6 nitrogen and oxygen atoms in total. The van der Waals surface area contributed by atoms with Crippen LogP contribution in [0.2, 0.25) is 0 Å². The number of hydrogen-bond donors (Lipinski definition) is 0. The Hall–Kier alpha value is -1.90. The maximum absolute atomic E-state index is 13.1. The zero-order chi connectivity index (χ0) is 19.4. The zero-order valence-electron chi connectivity index (χ0n) is 15.6. The summed E-state index contributed by atoms with van der Waals surface area (Å²) in [5.41, 5.74) is 0.845. The first-order chi connectivity index (χ1) is 13.0. The van der Waals surface area contributed by atoms with Gasteiger partial charge in [0.15, 0.2) is 15.6 Å². The highest BCUT2D eigenvalue weighted by molar-refractivity contribution is 9.10. The lowest BCUT2D eigenvalue weighted by Crippen LogP contribution is -2.38. The van der Waals surface area contributed by atoms with E-state index in [4.69, 9.17) is 9.15 Å². The Morgan fingerprint density at radius 1 is 1.22 bits per heavy atom. The van der Waals surface area contributed by atoms with Gasteiger partial charge in [0.25, 0.3) is 5.91 Å². The van der Waals surface area contributed by atoms with Gasteiger partial charge in [0.05, 0.1) is 17.3 Å². The number of anilines is 1.